The summed E-state index contributed by atoms with van der Waals surface area (Å²) < 4.78 is 6.89. The molecule has 0 aliphatic heterocycles. The second-order valence-corrected chi connectivity index (χ2v) is 12.2. The van der Waals surface area contributed by atoms with Crippen LogP contribution in [0.25, 0.3) is 77.2 Å². The summed E-state index contributed by atoms with van der Waals surface area (Å²) in [5.41, 5.74) is 13.1. The highest BCUT2D eigenvalue weighted by Crippen LogP contribution is 2.44. The summed E-state index contributed by atoms with van der Waals surface area (Å²) in [5.74, 6) is 0. The highest BCUT2D eigenvalue weighted by molar-refractivity contribution is 6.21. The first kappa shape index (κ1) is 27.9. The van der Waals surface area contributed by atoms with Crippen molar-refractivity contribution in [3.05, 3.63) is 182 Å². The molecule has 226 valence electrons. The van der Waals surface area contributed by atoms with Crippen LogP contribution in [-0.2, 0) is 0 Å². The molecule has 0 fully saturated rings. The van der Waals surface area contributed by atoms with E-state index in [1.54, 1.807) is 0 Å². The van der Waals surface area contributed by atoms with E-state index in [0.29, 0.717) is 0 Å². The largest absolute Gasteiger partial charge is 0.453 e. The van der Waals surface area contributed by atoms with Gasteiger partial charge in [0.05, 0.1) is 5.69 Å². The minimum Gasteiger partial charge on any atom is -0.453 e. The Morgan fingerprint density at radius 2 is 0.896 bits per heavy atom. The fraction of sp³-hybridized carbons (Fsp3) is 0. The lowest BCUT2D eigenvalue weighted by Crippen LogP contribution is -1.92. The maximum absolute atomic E-state index is 6.89. The summed E-state index contributed by atoms with van der Waals surface area (Å²) in [6.45, 7) is 0. The van der Waals surface area contributed by atoms with Gasteiger partial charge in [-0.05, 0) is 92.4 Å². The molecule has 8 aromatic carbocycles. The van der Waals surface area contributed by atoms with Crippen LogP contribution in [-0.4, -0.2) is 0 Å². The zero-order valence-electron chi connectivity index (χ0n) is 26.2. The molecule has 0 bridgehead atoms. The fourth-order valence-corrected chi connectivity index (χ4v) is 6.86. The number of nitrogens with one attached hydrogen (secondary N) is 1. The molecule has 0 radical (unpaired) electrons. The van der Waals surface area contributed by atoms with Crippen LogP contribution in [0.1, 0.15) is 0 Å². The Morgan fingerprint density at radius 1 is 0.354 bits per heavy atom. The molecule has 48 heavy (non-hydrogen) atoms. The molecule has 0 saturated carbocycles. The van der Waals surface area contributed by atoms with Gasteiger partial charge in [0, 0.05) is 21.8 Å². The molecule has 2 nitrogen and oxygen atoms in total. The van der Waals surface area contributed by atoms with E-state index in [-0.39, 0.29) is 0 Å². The quantitative estimate of drug-likeness (QED) is 0.202. The number of benzene rings is 8. The lowest BCUT2D eigenvalue weighted by atomic mass is 9.91. The van der Waals surface area contributed by atoms with E-state index in [0.717, 1.165) is 55.2 Å². The third-order valence-electron chi connectivity index (χ3n) is 9.24. The van der Waals surface area contributed by atoms with Gasteiger partial charge in [0.15, 0.2) is 5.58 Å². The number of hydrogen-bond donors (Lipinski definition) is 1. The van der Waals surface area contributed by atoms with Gasteiger partial charge in [-0.2, -0.15) is 0 Å². The zero-order chi connectivity index (χ0) is 31.9. The van der Waals surface area contributed by atoms with Crippen LogP contribution < -0.4 is 5.32 Å². The third-order valence-corrected chi connectivity index (χ3v) is 9.24. The second-order valence-electron chi connectivity index (χ2n) is 12.2. The van der Waals surface area contributed by atoms with Crippen LogP contribution in [0, 0.1) is 0 Å². The normalized spacial score (nSPS) is 11.3. The van der Waals surface area contributed by atoms with Crippen molar-refractivity contribution < 1.29 is 4.42 Å². The van der Waals surface area contributed by atoms with E-state index in [4.69, 9.17) is 4.42 Å². The molecule has 0 aliphatic carbocycles. The van der Waals surface area contributed by atoms with Gasteiger partial charge in [0.25, 0.3) is 0 Å². The molecule has 1 N–H and O–H groups in total. The molecule has 0 amide bonds. The van der Waals surface area contributed by atoms with Crippen molar-refractivity contribution in [2.24, 2.45) is 0 Å². The monoisotopic (exact) mass is 613 g/mol. The van der Waals surface area contributed by atoms with Crippen molar-refractivity contribution in [3.8, 4) is 44.5 Å². The van der Waals surface area contributed by atoms with E-state index in [2.05, 4.69) is 181 Å². The molecule has 0 spiro atoms. The van der Waals surface area contributed by atoms with Crippen molar-refractivity contribution in [2.75, 3.05) is 5.32 Å². The first-order valence-electron chi connectivity index (χ1n) is 16.3. The van der Waals surface area contributed by atoms with E-state index in [1.807, 2.05) is 6.07 Å². The predicted octanol–water partition coefficient (Wildman–Crippen LogP) is 13.2. The smallest absolute Gasteiger partial charge is 0.159 e. The summed E-state index contributed by atoms with van der Waals surface area (Å²) in [4.78, 5) is 0. The molecule has 2 heteroatoms. The topological polar surface area (TPSA) is 25.2 Å². The number of anilines is 2. The SMILES string of the molecule is c1ccc(-c2ccc(Nc3ccc(-c4cc(-c5ccccc5)cc(-c5ccccc5)c4)c4c3oc3c5ccccc5ccc34)cc2)cc1. The average Bonchev–Trinajstić information content (AvgIpc) is 3.57. The predicted molar refractivity (Wildman–Crippen MR) is 203 cm³/mol. The van der Waals surface area contributed by atoms with Gasteiger partial charge in [-0.3, -0.25) is 0 Å². The minimum atomic E-state index is 0.845. The third kappa shape index (κ3) is 5.01. The average molecular weight is 614 g/mol. The Labute approximate surface area is 279 Å². The Balaban J connectivity index is 1.25. The lowest BCUT2D eigenvalue weighted by molar-refractivity contribution is 0.674. The summed E-state index contributed by atoms with van der Waals surface area (Å²) in [7, 11) is 0. The van der Waals surface area contributed by atoms with Crippen molar-refractivity contribution in [2.45, 2.75) is 0 Å². The molecule has 9 aromatic rings. The molecule has 0 aliphatic rings. The first-order chi connectivity index (χ1) is 23.8. The second kappa shape index (κ2) is 11.8. The Kier molecular flexibility index (Phi) is 6.84. The lowest BCUT2D eigenvalue weighted by Gasteiger charge is -2.14. The molecule has 1 heterocycles. The van der Waals surface area contributed by atoms with Crippen LogP contribution in [0.5, 0.6) is 0 Å². The first-order valence-corrected chi connectivity index (χ1v) is 16.3. The van der Waals surface area contributed by atoms with Gasteiger partial charge in [-0.15, -0.1) is 0 Å². The number of furan rings is 1. The minimum absolute atomic E-state index is 0.845. The van der Waals surface area contributed by atoms with Crippen molar-refractivity contribution in [1.29, 1.82) is 0 Å². The molecule has 1 aromatic heterocycles. The summed E-state index contributed by atoms with van der Waals surface area (Å²) in [5, 5.41) is 8.17. The van der Waals surface area contributed by atoms with Crippen LogP contribution in [0.2, 0.25) is 0 Å². The van der Waals surface area contributed by atoms with E-state index < -0.39 is 0 Å². The van der Waals surface area contributed by atoms with Crippen molar-refractivity contribution >= 4 is 44.1 Å². The van der Waals surface area contributed by atoms with E-state index in [1.165, 1.54) is 33.4 Å². The summed E-state index contributed by atoms with van der Waals surface area (Å²) >= 11 is 0. The molecule has 0 atom stereocenters. The summed E-state index contributed by atoms with van der Waals surface area (Å²) in [6.07, 6.45) is 0. The van der Waals surface area contributed by atoms with Crippen LogP contribution in [0.15, 0.2) is 186 Å². The zero-order valence-corrected chi connectivity index (χ0v) is 26.2. The Bertz CT molecular complexity index is 2490. The Hall–Kier alpha value is -6.38. The van der Waals surface area contributed by atoms with Gasteiger partial charge in [0.1, 0.15) is 5.58 Å². The maximum atomic E-state index is 6.89. The fourth-order valence-electron chi connectivity index (χ4n) is 6.86. The summed E-state index contributed by atoms with van der Waals surface area (Å²) in [6, 6.07) is 64.5. The number of hydrogen-bond acceptors (Lipinski definition) is 2. The highest BCUT2D eigenvalue weighted by Gasteiger charge is 2.19. The van der Waals surface area contributed by atoms with E-state index >= 15 is 0 Å². The van der Waals surface area contributed by atoms with Crippen LogP contribution in [0.4, 0.5) is 11.4 Å². The van der Waals surface area contributed by atoms with Gasteiger partial charge in [0.2, 0.25) is 0 Å². The highest BCUT2D eigenvalue weighted by atomic mass is 16.3. The Morgan fingerprint density at radius 3 is 1.54 bits per heavy atom. The molecule has 9 rings (SSSR count). The molecule has 0 saturated heterocycles. The van der Waals surface area contributed by atoms with Crippen molar-refractivity contribution in [1.82, 2.24) is 0 Å². The van der Waals surface area contributed by atoms with Crippen LogP contribution in [0.3, 0.4) is 0 Å². The molecular formula is C46H31NO. The number of rotatable bonds is 6. The van der Waals surface area contributed by atoms with Crippen LogP contribution >= 0.6 is 0 Å². The van der Waals surface area contributed by atoms with Gasteiger partial charge in [-0.25, -0.2) is 0 Å². The number of fused-ring (bicyclic) bond motifs is 5. The molecular weight excluding hydrogens is 583 g/mol. The van der Waals surface area contributed by atoms with E-state index in [9.17, 15) is 0 Å². The van der Waals surface area contributed by atoms with Gasteiger partial charge >= 0.3 is 0 Å². The molecule has 0 unspecified atom stereocenters. The standard InChI is InChI=1S/C46H31NO/c1-4-12-31(13-5-1)34-20-23-39(24-21-34)47-43-27-26-40(44-42-25-22-35-18-10-11-19-41(35)45(42)48-46(43)44)38-29-36(32-14-6-2-7-15-32)28-37(30-38)33-16-8-3-9-17-33/h1-30,47H. The van der Waals surface area contributed by atoms with Gasteiger partial charge in [-0.1, -0.05) is 140 Å². The van der Waals surface area contributed by atoms with Gasteiger partial charge < -0.3 is 9.73 Å². The van der Waals surface area contributed by atoms with Crippen molar-refractivity contribution in [3.63, 3.8) is 0 Å². The maximum Gasteiger partial charge on any atom is 0.159 e.